The average molecular weight is 324 g/mol. The van der Waals surface area contributed by atoms with Crippen molar-refractivity contribution in [3.63, 3.8) is 0 Å². The van der Waals surface area contributed by atoms with Crippen molar-refractivity contribution in [1.29, 1.82) is 0 Å². The third-order valence-corrected chi connectivity index (χ3v) is 3.75. The Hall–Kier alpha value is -1.94. The largest absolute Gasteiger partial charge is 0.341 e. The molecule has 116 valence electrons. The molecule has 0 radical (unpaired) electrons. The molecule has 0 aliphatic carbocycles. The van der Waals surface area contributed by atoms with E-state index in [1.807, 2.05) is 0 Å². The number of hydrogen-bond acceptors (Lipinski definition) is 1. The van der Waals surface area contributed by atoms with Gasteiger partial charge in [-0.15, -0.1) is 0 Å². The van der Waals surface area contributed by atoms with Crippen LogP contribution in [0.4, 0.5) is 8.78 Å². The van der Waals surface area contributed by atoms with E-state index in [9.17, 15) is 13.6 Å². The lowest BCUT2D eigenvalue weighted by Crippen LogP contribution is -2.27. The van der Waals surface area contributed by atoms with Crippen LogP contribution in [0.3, 0.4) is 0 Å². The van der Waals surface area contributed by atoms with E-state index in [2.05, 4.69) is 0 Å². The molecule has 2 rings (SSSR count). The number of nitrogens with zero attached hydrogens (tertiary/aromatic N) is 1. The molecule has 0 N–H and O–H groups in total. The summed E-state index contributed by atoms with van der Waals surface area (Å²) >= 11 is 5.95. The Morgan fingerprint density at radius 1 is 1.18 bits per heavy atom. The molecule has 0 aliphatic rings. The van der Waals surface area contributed by atoms with Gasteiger partial charge in [-0.05, 0) is 36.2 Å². The molecule has 0 unspecified atom stereocenters. The van der Waals surface area contributed by atoms with Crippen LogP contribution >= 0.6 is 11.6 Å². The molecule has 22 heavy (non-hydrogen) atoms. The molecular weight excluding hydrogens is 308 g/mol. The number of halogens is 3. The maximum Gasteiger partial charge on any atom is 0.222 e. The fourth-order valence-electron chi connectivity index (χ4n) is 2.14. The highest BCUT2D eigenvalue weighted by molar-refractivity contribution is 6.31. The van der Waals surface area contributed by atoms with Crippen LogP contribution in [0.15, 0.2) is 42.5 Å². The van der Waals surface area contributed by atoms with Gasteiger partial charge in [0, 0.05) is 30.6 Å². The Morgan fingerprint density at radius 2 is 1.91 bits per heavy atom. The maximum absolute atomic E-state index is 13.7. The second-order valence-corrected chi connectivity index (χ2v) is 5.49. The lowest BCUT2D eigenvalue weighted by atomic mass is 10.1. The van der Waals surface area contributed by atoms with Crippen molar-refractivity contribution in [2.24, 2.45) is 0 Å². The fourth-order valence-corrected chi connectivity index (χ4v) is 2.37. The van der Waals surface area contributed by atoms with Crippen molar-refractivity contribution < 1.29 is 13.6 Å². The molecule has 2 nitrogen and oxygen atoms in total. The van der Waals surface area contributed by atoms with Gasteiger partial charge in [0.15, 0.2) is 0 Å². The third kappa shape index (κ3) is 4.28. The quantitative estimate of drug-likeness (QED) is 0.807. The second-order valence-electron chi connectivity index (χ2n) is 5.08. The van der Waals surface area contributed by atoms with Crippen LogP contribution in [-0.4, -0.2) is 17.9 Å². The minimum atomic E-state index is -0.433. The van der Waals surface area contributed by atoms with Crippen molar-refractivity contribution in [2.75, 3.05) is 7.05 Å². The van der Waals surface area contributed by atoms with E-state index in [0.717, 1.165) is 5.56 Å². The first-order chi connectivity index (χ1) is 10.5. The smallest absolute Gasteiger partial charge is 0.222 e. The molecule has 0 aliphatic heterocycles. The van der Waals surface area contributed by atoms with Crippen LogP contribution in [0.2, 0.25) is 5.02 Å². The summed E-state index contributed by atoms with van der Waals surface area (Å²) in [7, 11) is 1.59. The first-order valence-electron chi connectivity index (χ1n) is 6.88. The highest BCUT2D eigenvalue weighted by Gasteiger charge is 2.14. The minimum absolute atomic E-state index is 0.105. The van der Waals surface area contributed by atoms with Crippen molar-refractivity contribution in [1.82, 2.24) is 4.90 Å². The minimum Gasteiger partial charge on any atom is -0.341 e. The maximum atomic E-state index is 13.7. The van der Waals surface area contributed by atoms with E-state index >= 15 is 0 Å². The molecule has 0 spiro atoms. The second kappa shape index (κ2) is 7.36. The number of carbonyl (C=O) groups excluding carboxylic acids is 1. The van der Waals surface area contributed by atoms with E-state index in [1.54, 1.807) is 25.2 Å². The number of aryl methyl sites for hydroxylation is 1. The van der Waals surface area contributed by atoms with Gasteiger partial charge >= 0.3 is 0 Å². The predicted molar refractivity (Wildman–Crippen MR) is 82.6 cm³/mol. The Labute approximate surface area is 133 Å². The van der Waals surface area contributed by atoms with E-state index in [1.165, 1.54) is 29.2 Å². The molecule has 1 amide bonds. The van der Waals surface area contributed by atoms with Gasteiger partial charge < -0.3 is 4.90 Å². The third-order valence-electron chi connectivity index (χ3n) is 3.40. The fraction of sp³-hybridized carbons (Fsp3) is 0.235. The highest BCUT2D eigenvalue weighted by Crippen LogP contribution is 2.20. The summed E-state index contributed by atoms with van der Waals surface area (Å²) in [5.74, 6) is -0.905. The van der Waals surface area contributed by atoms with Gasteiger partial charge in [0.25, 0.3) is 0 Å². The van der Waals surface area contributed by atoms with E-state index in [-0.39, 0.29) is 24.7 Å². The lowest BCUT2D eigenvalue weighted by Gasteiger charge is -2.18. The van der Waals surface area contributed by atoms with Gasteiger partial charge in [0.2, 0.25) is 5.91 Å². The van der Waals surface area contributed by atoms with Crippen LogP contribution < -0.4 is 0 Å². The zero-order valence-corrected chi connectivity index (χ0v) is 12.9. The molecule has 0 saturated carbocycles. The van der Waals surface area contributed by atoms with E-state index in [0.29, 0.717) is 17.0 Å². The number of rotatable bonds is 5. The first-order valence-corrected chi connectivity index (χ1v) is 7.26. The Morgan fingerprint density at radius 3 is 2.59 bits per heavy atom. The SMILES string of the molecule is CN(Cc1c(F)cccc1Cl)C(=O)CCc1cccc(F)c1. The number of benzene rings is 2. The molecule has 2 aromatic rings. The molecule has 2 aromatic carbocycles. The molecule has 0 saturated heterocycles. The molecular formula is C17H16ClF2NO. The summed E-state index contributed by atoms with van der Waals surface area (Å²) < 4.78 is 26.8. The van der Waals surface area contributed by atoms with Crippen molar-refractivity contribution in [3.05, 3.63) is 70.2 Å². The highest BCUT2D eigenvalue weighted by atomic mass is 35.5. The summed E-state index contributed by atoms with van der Waals surface area (Å²) in [5.41, 5.74) is 1.05. The molecule has 0 atom stereocenters. The normalized spacial score (nSPS) is 10.5. The Balaban J connectivity index is 1.95. The lowest BCUT2D eigenvalue weighted by molar-refractivity contribution is -0.130. The zero-order chi connectivity index (χ0) is 16.1. The van der Waals surface area contributed by atoms with Crippen LogP contribution in [0.5, 0.6) is 0 Å². The van der Waals surface area contributed by atoms with Crippen molar-refractivity contribution in [3.8, 4) is 0 Å². The predicted octanol–water partition coefficient (Wildman–Crippen LogP) is 4.21. The summed E-state index contributed by atoms with van der Waals surface area (Å²) in [6.45, 7) is 0.105. The Bertz CT molecular complexity index is 655. The monoisotopic (exact) mass is 323 g/mol. The van der Waals surface area contributed by atoms with Crippen LogP contribution in [0.25, 0.3) is 0 Å². The van der Waals surface area contributed by atoms with Gasteiger partial charge in [-0.2, -0.15) is 0 Å². The van der Waals surface area contributed by atoms with Crippen molar-refractivity contribution in [2.45, 2.75) is 19.4 Å². The number of amides is 1. The molecule has 5 heteroatoms. The van der Waals surface area contributed by atoms with Crippen molar-refractivity contribution >= 4 is 17.5 Å². The molecule has 0 bridgehead atoms. The van der Waals surface area contributed by atoms with Gasteiger partial charge in [-0.1, -0.05) is 29.8 Å². The van der Waals surface area contributed by atoms with Crippen LogP contribution in [0.1, 0.15) is 17.5 Å². The number of hydrogen-bond donors (Lipinski definition) is 0. The summed E-state index contributed by atoms with van der Waals surface area (Å²) in [4.78, 5) is 13.5. The average Bonchev–Trinajstić information content (AvgIpc) is 2.48. The molecule has 0 fully saturated rings. The van der Waals surface area contributed by atoms with Gasteiger partial charge in [0.1, 0.15) is 11.6 Å². The van der Waals surface area contributed by atoms with E-state index in [4.69, 9.17) is 11.6 Å². The van der Waals surface area contributed by atoms with Gasteiger partial charge in [-0.3, -0.25) is 4.79 Å². The van der Waals surface area contributed by atoms with Gasteiger partial charge in [-0.25, -0.2) is 8.78 Å². The summed E-state index contributed by atoms with van der Waals surface area (Å²) in [5, 5.41) is 0.296. The summed E-state index contributed by atoms with van der Waals surface area (Å²) in [6, 6.07) is 10.6. The zero-order valence-electron chi connectivity index (χ0n) is 12.2. The Kier molecular flexibility index (Phi) is 5.50. The topological polar surface area (TPSA) is 20.3 Å². The first kappa shape index (κ1) is 16.4. The number of carbonyl (C=O) groups is 1. The van der Waals surface area contributed by atoms with Gasteiger partial charge in [0.05, 0.1) is 0 Å². The molecule has 0 aromatic heterocycles. The van der Waals surface area contributed by atoms with Crippen LogP contribution in [-0.2, 0) is 17.8 Å². The van der Waals surface area contributed by atoms with E-state index < -0.39 is 5.82 Å². The summed E-state index contributed by atoms with van der Waals surface area (Å²) in [6.07, 6.45) is 0.665. The molecule has 0 heterocycles. The van der Waals surface area contributed by atoms with Crippen LogP contribution in [0, 0.1) is 11.6 Å². The standard InChI is InChI=1S/C17H16ClF2NO/c1-21(11-14-15(18)6-3-7-16(14)20)17(22)9-8-12-4-2-5-13(19)10-12/h2-7,10H,8-9,11H2,1H3.